The van der Waals surface area contributed by atoms with E-state index in [0.29, 0.717) is 0 Å². The number of hydrogen-bond acceptors (Lipinski definition) is 1. The third-order valence-corrected chi connectivity index (χ3v) is 10.4. The summed E-state index contributed by atoms with van der Waals surface area (Å²) in [6, 6.07) is 74.6. The second kappa shape index (κ2) is 12.5. The SMILES string of the molecule is c1ccc(-c2ccc(N(c3ccc(-n4c5ccccc5c5c6ccccc6ccc54)cc3)c3ccc(-c4ccccc4)c4ccccc34)cc2)cc1. The summed E-state index contributed by atoms with van der Waals surface area (Å²) in [5, 5.41) is 7.53. The number of benzene rings is 9. The van der Waals surface area contributed by atoms with E-state index in [4.69, 9.17) is 0 Å². The summed E-state index contributed by atoms with van der Waals surface area (Å²) < 4.78 is 2.41. The average molecular weight is 663 g/mol. The van der Waals surface area contributed by atoms with Gasteiger partial charge in [0.25, 0.3) is 0 Å². The molecule has 0 fully saturated rings. The minimum atomic E-state index is 1.10. The van der Waals surface area contributed by atoms with E-state index in [0.717, 1.165) is 22.7 Å². The maximum atomic E-state index is 2.41. The molecule has 0 aliphatic carbocycles. The summed E-state index contributed by atoms with van der Waals surface area (Å²) >= 11 is 0. The smallest absolute Gasteiger partial charge is 0.0547 e. The van der Waals surface area contributed by atoms with Crippen LogP contribution in [0.5, 0.6) is 0 Å². The van der Waals surface area contributed by atoms with Crippen LogP contribution < -0.4 is 4.90 Å². The lowest BCUT2D eigenvalue weighted by Gasteiger charge is -2.28. The van der Waals surface area contributed by atoms with Crippen molar-refractivity contribution in [3.05, 3.63) is 206 Å². The topological polar surface area (TPSA) is 8.17 Å². The van der Waals surface area contributed by atoms with Gasteiger partial charge in [0.2, 0.25) is 0 Å². The summed E-state index contributed by atoms with van der Waals surface area (Å²) in [6.45, 7) is 0. The predicted molar refractivity (Wildman–Crippen MR) is 221 cm³/mol. The van der Waals surface area contributed by atoms with Crippen LogP contribution in [-0.2, 0) is 0 Å². The van der Waals surface area contributed by atoms with E-state index in [2.05, 4.69) is 216 Å². The zero-order valence-corrected chi connectivity index (χ0v) is 28.5. The Labute approximate surface area is 303 Å². The van der Waals surface area contributed by atoms with Gasteiger partial charge in [-0.25, -0.2) is 0 Å². The van der Waals surface area contributed by atoms with Gasteiger partial charge < -0.3 is 9.47 Å². The van der Waals surface area contributed by atoms with Crippen molar-refractivity contribution in [1.82, 2.24) is 4.57 Å². The Kier molecular flexibility index (Phi) is 7.18. The highest BCUT2D eigenvalue weighted by Gasteiger charge is 2.19. The number of aromatic nitrogens is 1. The molecular formula is C50H34N2. The van der Waals surface area contributed by atoms with E-state index in [-0.39, 0.29) is 0 Å². The van der Waals surface area contributed by atoms with Crippen LogP contribution in [0.2, 0.25) is 0 Å². The molecule has 52 heavy (non-hydrogen) atoms. The normalized spacial score (nSPS) is 11.5. The van der Waals surface area contributed by atoms with Crippen molar-refractivity contribution < 1.29 is 0 Å². The van der Waals surface area contributed by atoms with E-state index >= 15 is 0 Å². The molecule has 244 valence electrons. The molecule has 0 unspecified atom stereocenters. The lowest BCUT2D eigenvalue weighted by atomic mass is 9.96. The van der Waals surface area contributed by atoms with E-state index < -0.39 is 0 Å². The number of rotatable bonds is 6. The Morgan fingerprint density at radius 3 is 1.62 bits per heavy atom. The summed E-state index contributed by atoms with van der Waals surface area (Å²) in [5.74, 6) is 0. The molecule has 0 aliphatic heterocycles. The quantitative estimate of drug-likeness (QED) is 0.172. The Hall–Kier alpha value is -6.90. The first-order valence-corrected chi connectivity index (χ1v) is 17.9. The third-order valence-electron chi connectivity index (χ3n) is 10.4. The molecule has 2 nitrogen and oxygen atoms in total. The fourth-order valence-corrected chi connectivity index (χ4v) is 7.98. The third kappa shape index (κ3) is 4.96. The standard InChI is InChI=1S/C50H34N2/c1-3-13-35(14-4-1)36-23-26-39(27-24-36)51(48-34-32-42(37-15-5-2-6-16-37)44-19-9-10-20-45(44)48)40-28-30-41(31-29-40)52-47-22-12-11-21-46(47)50-43-18-8-7-17-38(43)25-33-49(50)52/h1-34H. The molecule has 10 aromatic rings. The van der Waals surface area contributed by atoms with Gasteiger partial charge in [0.15, 0.2) is 0 Å². The van der Waals surface area contributed by atoms with Crippen molar-refractivity contribution in [1.29, 1.82) is 0 Å². The van der Waals surface area contributed by atoms with Crippen molar-refractivity contribution in [2.45, 2.75) is 0 Å². The molecular weight excluding hydrogens is 629 g/mol. The summed E-state index contributed by atoms with van der Waals surface area (Å²) in [7, 11) is 0. The van der Waals surface area contributed by atoms with Crippen molar-refractivity contribution in [2.24, 2.45) is 0 Å². The lowest BCUT2D eigenvalue weighted by molar-refractivity contribution is 1.17. The van der Waals surface area contributed by atoms with Gasteiger partial charge in [-0.3, -0.25) is 0 Å². The van der Waals surface area contributed by atoms with Gasteiger partial charge in [-0.1, -0.05) is 152 Å². The highest BCUT2D eigenvalue weighted by atomic mass is 15.1. The van der Waals surface area contributed by atoms with E-state index in [9.17, 15) is 0 Å². The van der Waals surface area contributed by atoms with E-state index in [1.54, 1.807) is 0 Å². The highest BCUT2D eigenvalue weighted by molar-refractivity contribution is 6.21. The van der Waals surface area contributed by atoms with Crippen LogP contribution in [0, 0.1) is 0 Å². The molecule has 0 saturated heterocycles. The Bertz CT molecular complexity index is 2870. The minimum Gasteiger partial charge on any atom is -0.310 e. The fraction of sp³-hybridized carbons (Fsp3) is 0. The van der Waals surface area contributed by atoms with Crippen LogP contribution >= 0.6 is 0 Å². The Morgan fingerprint density at radius 1 is 0.327 bits per heavy atom. The number of fused-ring (bicyclic) bond motifs is 6. The lowest BCUT2D eigenvalue weighted by Crippen LogP contribution is -2.11. The summed E-state index contributed by atoms with van der Waals surface area (Å²) in [6.07, 6.45) is 0. The van der Waals surface area contributed by atoms with Crippen LogP contribution in [0.15, 0.2) is 206 Å². The maximum Gasteiger partial charge on any atom is 0.0547 e. The summed E-state index contributed by atoms with van der Waals surface area (Å²) in [5.41, 5.74) is 11.7. The fourth-order valence-electron chi connectivity index (χ4n) is 7.98. The molecule has 2 heteroatoms. The first kappa shape index (κ1) is 30.0. The van der Waals surface area contributed by atoms with Gasteiger partial charge in [0.1, 0.15) is 0 Å². The molecule has 0 radical (unpaired) electrons. The van der Waals surface area contributed by atoms with Gasteiger partial charge >= 0.3 is 0 Å². The zero-order valence-electron chi connectivity index (χ0n) is 28.5. The average Bonchev–Trinajstić information content (AvgIpc) is 3.57. The molecule has 1 aromatic heterocycles. The minimum absolute atomic E-state index is 1.10. The number of para-hydroxylation sites is 1. The van der Waals surface area contributed by atoms with Gasteiger partial charge in [-0.2, -0.15) is 0 Å². The van der Waals surface area contributed by atoms with Gasteiger partial charge in [0, 0.05) is 33.2 Å². The van der Waals surface area contributed by atoms with Crippen LogP contribution in [0.4, 0.5) is 17.1 Å². The molecule has 0 spiro atoms. The molecule has 1 heterocycles. The van der Waals surface area contributed by atoms with Gasteiger partial charge in [-0.15, -0.1) is 0 Å². The molecule has 0 amide bonds. The van der Waals surface area contributed by atoms with Gasteiger partial charge in [0.05, 0.1) is 16.7 Å². The van der Waals surface area contributed by atoms with Gasteiger partial charge in [-0.05, 0) is 93.0 Å². The molecule has 0 atom stereocenters. The maximum absolute atomic E-state index is 2.41. The van der Waals surface area contributed by atoms with Crippen LogP contribution in [0.25, 0.3) is 71.3 Å². The second-order valence-electron chi connectivity index (χ2n) is 13.3. The first-order chi connectivity index (χ1) is 25.8. The Morgan fingerprint density at radius 2 is 0.885 bits per heavy atom. The highest BCUT2D eigenvalue weighted by Crippen LogP contribution is 2.43. The number of anilines is 3. The molecule has 0 aliphatic rings. The molecule has 10 rings (SSSR count). The molecule has 0 N–H and O–H groups in total. The first-order valence-electron chi connectivity index (χ1n) is 17.9. The largest absolute Gasteiger partial charge is 0.310 e. The monoisotopic (exact) mass is 662 g/mol. The van der Waals surface area contributed by atoms with Crippen molar-refractivity contribution in [3.8, 4) is 27.9 Å². The molecule has 0 saturated carbocycles. The summed E-state index contributed by atoms with van der Waals surface area (Å²) in [4.78, 5) is 2.40. The number of nitrogens with zero attached hydrogens (tertiary/aromatic N) is 2. The Balaban J connectivity index is 1.15. The van der Waals surface area contributed by atoms with Crippen molar-refractivity contribution in [2.75, 3.05) is 4.90 Å². The van der Waals surface area contributed by atoms with E-state index in [1.165, 1.54) is 65.6 Å². The number of hydrogen-bond donors (Lipinski definition) is 0. The van der Waals surface area contributed by atoms with Crippen LogP contribution in [0.3, 0.4) is 0 Å². The zero-order chi connectivity index (χ0) is 34.4. The van der Waals surface area contributed by atoms with Crippen LogP contribution in [-0.4, -0.2) is 4.57 Å². The molecule has 9 aromatic carbocycles. The molecule has 0 bridgehead atoms. The predicted octanol–water partition coefficient (Wildman–Crippen LogP) is 13.9. The van der Waals surface area contributed by atoms with Crippen molar-refractivity contribution in [3.63, 3.8) is 0 Å². The van der Waals surface area contributed by atoms with E-state index in [1.807, 2.05) is 0 Å². The second-order valence-corrected chi connectivity index (χ2v) is 13.3. The van der Waals surface area contributed by atoms with Crippen molar-refractivity contribution >= 4 is 60.4 Å². The van der Waals surface area contributed by atoms with Crippen LogP contribution in [0.1, 0.15) is 0 Å².